The van der Waals surface area contributed by atoms with Crippen molar-refractivity contribution in [2.24, 2.45) is 5.10 Å². The number of halogens is 3. The first kappa shape index (κ1) is 22.7. The molecule has 0 N–H and O–H groups in total. The number of carbonyl (C=O) groups excluding carboxylic acids is 1. The lowest BCUT2D eigenvalue weighted by Crippen LogP contribution is -2.28. The number of hydrogen-bond donors (Lipinski definition) is 0. The Hall–Kier alpha value is -3.46. The minimum Gasteiger partial charge on any atom is -0.493 e. The standard InChI is InChI=1S/C24H19F3N2O3S/c1-13-7-9-14(10-8-13)22-28-29(23(30)20-17(26)11-15(25)12-18(20)27)24(33-22)16-5-4-6-19(31-2)21(16)32-3/h4-12,24H,1-3H3/t24-/m1/s1. The molecule has 4 rings (SSSR count). The summed E-state index contributed by atoms with van der Waals surface area (Å²) in [6.07, 6.45) is 0. The highest BCUT2D eigenvalue weighted by atomic mass is 32.2. The van der Waals surface area contributed by atoms with Crippen LogP contribution >= 0.6 is 11.8 Å². The van der Waals surface area contributed by atoms with Gasteiger partial charge in [0.2, 0.25) is 0 Å². The van der Waals surface area contributed by atoms with Crippen LogP contribution in [0.25, 0.3) is 0 Å². The summed E-state index contributed by atoms with van der Waals surface area (Å²) in [6, 6.07) is 13.5. The SMILES string of the molecule is COc1cccc([C@H]2SC(c3ccc(C)cc3)=NN2C(=O)c2c(F)cc(F)cc2F)c1OC. The molecule has 3 aromatic carbocycles. The first-order chi connectivity index (χ1) is 15.8. The van der Waals surface area contributed by atoms with Gasteiger partial charge in [-0.3, -0.25) is 4.79 Å². The van der Waals surface area contributed by atoms with Crippen molar-refractivity contribution < 1.29 is 27.4 Å². The third kappa shape index (κ3) is 4.28. The highest BCUT2D eigenvalue weighted by Gasteiger charge is 2.39. The molecule has 0 spiro atoms. The molecule has 1 aliphatic rings. The zero-order valence-corrected chi connectivity index (χ0v) is 18.8. The second-order valence-corrected chi connectivity index (χ2v) is 8.29. The fourth-order valence-corrected chi connectivity index (χ4v) is 4.64. The minimum absolute atomic E-state index is 0.357. The number of amides is 1. The Labute approximate surface area is 192 Å². The van der Waals surface area contributed by atoms with Gasteiger partial charge in [-0.1, -0.05) is 53.7 Å². The minimum atomic E-state index is -1.31. The average molecular weight is 472 g/mol. The Balaban J connectivity index is 1.84. The van der Waals surface area contributed by atoms with E-state index in [1.54, 1.807) is 18.2 Å². The lowest BCUT2D eigenvalue weighted by molar-refractivity contribution is 0.0737. The summed E-state index contributed by atoms with van der Waals surface area (Å²) in [5, 5.41) is 5.04. The van der Waals surface area contributed by atoms with Crippen LogP contribution in [0, 0.1) is 24.4 Å². The Bertz CT molecular complexity index is 1230. The number of nitrogens with zero attached hydrogens (tertiary/aromatic N) is 2. The van der Waals surface area contributed by atoms with Gasteiger partial charge in [-0.15, -0.1) is 0 Å². The second-order valence-electron chi connectivity index (χ2n) is 7.22. The van der Waals surface area contributed by atoms with E-state index >= 15 is 0 Å². The van der Waals surface area contributed by atoms with Crippen LogP contribution < -0.4 is 9.47 Å². The van der Waals surface area contributed by atoms with Crippen LogP contribution in [0.5, 0.6) is 11.5 Å². The number of ether oxygens (including phenoxy) is 2. The van der Waals surface area contributed by atoms with E-state index in [1.165, 1.54) is 26.0 Å². The smallest absolute Gasteiger partial charge is 0.281 e. The van der Waals surface area contributed by atoms with Crippen molar-refractivity contribution in [2.75, 3.05) is 14.2 Å². The molecular formula is C24H19F3N2O3S. The fraction of sp³-hybridized carbons (Fsp3) is 0.167. The maximum absolute atomic E-state index is 14.4. The number of aryl methyl sites for hydroxylation is 1. The van der Waals surface area contributed by atoms with Crippen molar-refractivity contribution in [3.63, 3.8) is 0 Å². The fourth-order valence-electron chi connectivity index (χ4n) is 3.47. The number of thioether (sulfide) groups is 1. The first-order valence-electron chi connectivity index (χ1n) is 9.85. The monoisotopic (exact) mass is 472 g/mol. The van der Waals surface area contributed by atoms with Gasteiger partial charge >= 0.3 is 0 Å². The predicted octanol–water partition coefficient (Wildman–Crippen LogP) is 5.68. The molecule has 1 amide bonds. The maximum atomic E-state index is 14.4. The average Bonchev–Trinajstić information content (AvgIpc) is 3.23. The van der Waals surface area contributed by atoms with Gasteiger partial charge in [0.15, 0.2) is 11.5 Å². The molecule has 0 aliphatic carbocycles. The number of carbonyl (C=O) groups is 1. The summed E-state index contributed by atoms with van der Waals surface area (Å²) in [7, 11) is 2.93. The molecule has 1 atom stereocenters. The third-order valence-corrected chi connectivity index (χ3v) is 6.29. The van der Waals surface area contributed by atoms with E-state index in [0.717, 1.165) is 16.1 Å². The van der Waals surface area contributed by atoms with Crippen LogP contribution in [-0.2, 0) is 0 Å². The Kier molecular flexibility index (Phi) is 6.33. The lowest BCUT2D eigenvalue weighted by atomic mass is 10.1. The summed E-state index contributed by atoms with van der Waals surface area (Å²) in [6.45, 7) is 1.94. The molecule has 1 heterocycles. The molecule has 0 saturated heterocycles. The molecule has 0 radical (unpaired) electrons. The van der Waals surface area contributed by atoms with Crippen molar-refractivity contribution in [2.45, 2.75) is 12.3 Å². The van der Waals surface area contributed by atoms with E-state index in [1.807, 2.05) is 31.2 Å². The number of hydrogen-bond acceptors (Lipinski definition) is 5. The van der Waals surface area contributed by atoms with E-state index < -0.39 is 34.3 Å². The Morgan fingerprint density at radius 1 is 1.00 bits per heavy atom. The van der Waals surface area contributed by atoms with Gasteiger partial charge in [0.05, 0.1) is 14.2 Å². The number of rotatable bonds is 5. The number of para-hydroxylation sites is 1. The van der Waals surface area contributed by atoms with Crippen LogP contribution in [0.3, 0.4) is 0 Å². The summed E-state index contributed by atoms with van der Waals surface area (Å²) in [5.41, 5.74) is 1.39. The molecule has 33 heavy (non-hydrogen) atoms. The summed E-state index contributed by atoms with van der Waals surface area (Å²) < 4.78 is 53.2. The van der Waals surface area contributed by atoms with E-state index in [9.17, 15) is 18.0 Å². The van der Waals surface area contributed by atoms with Gasteiger partial charge < -0.3 is 9.47 Å². The molecule has 0 bridgehead atoms. The Morgan fingerprint density at radius 3 is 2.27 bits per heavy atom. The normalized spacial score (nSPS) is 15.4. The molecule has 0 saturated carbocycles. The van der Waals surface area contributed by atoms with Gasteiger partial charge in [-0.05, 0) is 13.0 Å². The number of benzene rings is 3. The number of methoxy groups -OCH3 is 2. The largest absolute Gasteiger partial charge is 0.493 e. The molecule has 0 unspecified atom stereocenters. The van der Waals surface area contributed by atoms with E-state index in [2.05, 4.69) is 5.10 Å². The van der Waals surface area contributed by atoms with Gasteiger partial charge in [0.25, 0.3) is 5.91 Å². The van der Waals surface area contributed by atoms with E-state index in [4.69, 9.17) is 9.47 Å². The van der Waals surface area contributed by atoms with Crippen molar-refractivity contribution in [3.05, 3.63) is 94.3 Å². The van der Waals surface area contributed by atoms with Crippen LogP contribution in [-0.4, -0.2) is 30.2 Å². The maximum Gasteiger partial charge on any atom is 0.281 e. The van der Waals surface area contributed by atoms with Crippen molar-refractivity contribution in [3.8, 4) is 11.5 Å². The summed E-state index contributed by atoms with van der Waals surface area (Å²) in [5.74, 6) is -4.00. The molecule has 0 aromatic heterocycles. The lowest BCUT2D eigenvalue weighted by Gasteiger charge is -2.24. The highest BCUT2D eigenvalue weighted by Crippen LogP contribution is 2.47. The van der Waals surface area contributed by atoms with Crippen molar-refractivity contribution in [1.29, 1.82) is 0 Å². The topological polar surface area (TPSA) is 51.1 Å². The second kappa shape index (κ2) is 9.19. The van der Waals surface area contributed by atoms with Gasteiger partial charge in [-0.2, -0.15) is 5.10 Å². The van der Waals surface area contributed by atoms with Gasteiger partial charge in [0.1, 0.15) is 33.4 Å². The zero-order valence-electron chi connectivity index (χ0n) is 17.9. The quantitative estimate of drug-likeness (QED) is 0.480. The molecule has 0 fully saturated rings. The van der Waals surface area contributed by atoms with Crippen molar-refractivity contribution in [1.82, 2.24) is 5.01 Å². The molecule has 3 aromatic rings. The van der Waals surface area contributed by atoms with Crippen molar-refractivity contribution >= 4 is 22.7 Å². The molecule has 170 valence electrons. The van der Waals surface area contributed by atoms with E-state index in [0.29, 0.717) is 34.2 Å². The van der Waals surface area contributed by atoms with Gasteiger partial charge in [-0.25, -0.2) is 18.2 Å². The highest BCUT2D eigenvalue weighted by molar-refractivity contribution is 8.14. The van der Waals surface area contributed by atoms with Gasteiger partial charge in [0, 0.05) is 23.3 Å². The van der Waals surface area contributed by atoms with Crippen LogP contribution in [0.4, 0.5) is 13.2 Å². The van der Waals surface area contributed by atoms with Crippen LogP contribution in [0.2, 0.25) is 0 Å². The first-order valence-corrected chi connectivity index (χ1v) is 10.7. The summed E-state index contributed by atoms with van der Waals surface area (Å²) >= 11 is 1.22. The Morgan fingerprint density at radius 2 is 1.67 bits per heavy atom. The predicted molar refractivity (Wildman–Crippen MR) is 120 cm³/mol. The molecular weight excluding hydrogens is 453 g/mol. The van der Waals surface area contributed by atoms with Crippen LogP contribution in [0.1, 0.15) is 32.4 Å². The zero-order chi connectivity index (χ0) is 23.7. The third-order valence-electron chi connectivity index (χ3n) is 5.07. The number of hydrazone groups is 1. The molecule has 1 aliphatic heterocycles. The van der Waals surface area contributed by atoms with Crippen LogP contribution in [0.15, 0.2) is 59.7 Å². The molecule has 9 heteroatoms. The summed E-state index contributed by atoms with van der Waals surface area (Å²) in [4.78, 5) is 13.3. The van der Waals surface area contributed by atoms with E-state index in [-0.39, 0.29) is 0 Å². The molecule has 5 nitrogen and oxygen atoms in total.